The second-order valence-electron chi connectivity index (χ2n) is 8.57. The van der Waals surface area contributed by atoms with E-state index in [9.17, 15) is 0 Å². The summed E-state index contributed by atoms with van der Waals surface area (Å²) in [5.74, 6) is 0. The second-order valence-corrected chi connectivity index (χ2v) is 8.57. The van der Waals surface area contributed by atoms with Gasteiger partial charge < -0.3 is 4.90 Å². The molecule has 5 rings (SSSR count). The van der Waals surface area contributed by atoms with Crippen molar-refractivity contribution in [1.29, 1.82) is 0 Å². The molecule has 0 spiro atoms. The molecule has 35 heavy (non-hydrogen) atoms. The molecule has 0 radical (unpaired) electrons. The van der Waals surface area contributed by atoms with Crippen molar-refractivity contribution in [2.75, 3.05) is 4.90 Å². The van der Waals surface area contributed by atoms with Crippen LogP contribution >= 0.6 is 0 Å². The fourth-order valence-electron chi connectivity index (χ4n) is 4.36. The summed E-state index contributed by atoms with van der Waals surface area (Å²) in [6.45, 7) is 2.19. The van der Waals surface area contributed by atoms with Crippen LogP contribution in [-0.4, -0.2) is 0 Å². The zero-order chi connectivity index (χ0) is 23.9. The summed E-state index contributed by atoms with van der Waals surface area (Å²) in [7, 11) is 0. The Morgan fingerprint density at radius 1 is 0.514 bits per heavy atom. The van der Waals surface area contributed by atoms with Gasteiger partial charge in [-0.3, -0.25) is 0 Å². The van der Waals surface area contributed by atoms with Crippen LogP contribution in [0.4, 0.5) is 17.1 Å². The number of nitrogens with zero attached hydrogens (tertiary/aromatic N) is 1. The Balaban J connectivity index is 1.53. The predicted octanol–water partition coefficient (Wildman–Crippen LogP) is 9.31. The number of para-hydroxylation sites is 1. The van der Waals surface area contributed by atoms with Crippen molar-refractivity contribution in [2.24, 2.45) is 0 Å². The normalized spacial score (nSPS) is 10.5. The number of rotatable bonds is 7. The van der Waals surface area contributed by atoms with Crippen LogP contribution in [0.5, 0.6) is 0 Å². The van der Waals surface area contributed by atoms with Crippen LogP contribution in [0, 0.1) is 0 Å². The average Bonchev–Trinajstić information content (AvgIpc) is 2.94. The highest BCUT2D eigenvalue weighted by Gasteiger charge is 2.12. The van der Waals surface area contributed by atoms with E-state index in [1.807, 2.05) is 0 Å². The van der Waals surface area contributed by atoms with Crippen LogP contribution in [-0.2, 0) is 6.42 Å². The maximum absolute atomic E-state index is 2.31. The average molecular weight is 452 g/mol. The van der Waals surface area contributed by atoms with Gasteiger partial charge in [-0.2, -0.15) is 0 Å². The Morgan fingerprint density at radius 2 is 0.943 bits per heavy atom. The van der Waals surface area contributed by atoms with Gasteiger partial charge in [-0.1, -0.05) is 110 Å². The summed E-state index contributed by atoms with van der Waals surface area (Å²) < 4.78 is 0. The molecule has 170 valence electrons. The minimum atomic E-state index is 1.04. The lowest BCUT2D eigenvalue weighted by Crippen LogP contribution is -2.09. The van der Waals surface area contributed by atoms with Gasteiger partial charge in [0, 0.05) is 17.1 Å². The number of aryl methyl sites for hydroxylation is 1. The van der Waals surface area contributed by atoms with E-state index in [0.29, 0.717) is 0 Å². The molecule has 5 aromatic carbocycles. The van der Waals surface area contributed by atoms with Crippen molar-refractivity contribution < 1.29 is 0 Å². The lowest BCUT2D eigenvalue weighted by atomic mass is 9.95. The Bertz CT molecular complexity index is 1330. The summed E-state index contributed by atoms with van der Waals surface area (Å²) in [5, 5.41) is 0. The van der Waals surface area contributed by atoms with Crippen LogP contribution in [0.1, 0.15) is 29.2 Å². The highest BCUT2D eigenvalue weighted by atomic mass is 15.1. The first-order chi connectivity index (χ1) is 17.3. The van der Waals surface area contributed by atoms with Crippen LogP contribution in [0.15, 0.2) is 140 Å². The topological polar surface area (TPSA) is 3.24 Å². The van der Waals surface area contributed by atoms with Gasteiger partial charge in [0.2, 0.25) is 0 Å². The van der Waals surface area contributed by atoms with E-state index in [-0.39, 0.29) is 0 Å². The molecule has 0 aliphatic heterocycles. The Morgan fingerprint density at radius 3 is 1.43 bits per heavy atom. The Kier molecular flexibility index (Phi) is 6.87. The molecule has 0 amide bonds. The van der Waals surface area contributed by atoms with Crippen LogP contribution < -0.4 is 4.90 Å². The number of hydrogen-bond donors (Lipinski definition) is 0. The van der Waals surface area contributed by atoms with Crippen molar-refractivity contribution in [3.05, 3.63) is 162 Å². The lowest BCUT2D eigenvalue weighted by Gasteiger charge is -2.25. The third-order valence-corrected chi connectivity index (χ3v) is 6.25. The molecule has 1 nitrogen and oxygen atoms in total. The molecule has 0 aromatic heterocycles. The summed E-state index contributed by atoms with van der Waals surface area (Å²) in [4.78, 5) is 2.31. The van der Waals surface area contributed by atoms with Crippen LogP contribution in [0.25, 0.3) is 11.6 Å². The van der Waals surface area contributed by atoms with Gasteiger partial charge >= 0.3 is 0 Å². The first-order valence-corrected chi connectivity index (χ1v) is 12.2. The smallest absolute Gasteiger partial charge is 0.0462 e. The van der Waals surface area contributed by atoms with Gasteiger partial charge in [-0.05, 0) is 76.7 Å². The highest BCUT2D eigenvalue weighted by Crippen LogP contribution is 2.35. The second kappa shape index (κ2) is 10.7. The molecule has 0 saturated heterocycles. The third kappa shape index (κ3) is 5.26. The minimum Gasteiger partial charge on any atom is -0.311 e. The summed E-state index contributed by atoms with van der Waals surface area (Å²) in [6.07, 6.45) is 3.31. The van der Waals surface area contributed by atoms with Gasteiger partial charge in [0.15, 0.2) is 0 Å². The zero-order valence-corrected chi connectivity index (χ0v) is 20.0. The maximum atomic E-state index is 2.31. The van der Waals surface area contributed by atoms with Crippen LogP contribution in [0.3, 0.4) is 0 Å². The molecule has 0 unspecified atom stereocenters. The first-order valence-electron chi connectivity index (χ1n) is 12.2. The van der Waals surface area contributed by atoms with Gasteiger partial charge in [0.1, 0.15) is 0 Å². The summed E-state index contributed by atoms with van der Waals surface area (Å²) in [6, 6.07) is 49.4. The fraction of sp³-hybridized carbons (Fsp3) is 0.0588. The SMILES string of the molecule is CCc1ccc(N(c2ccccc2)c2ccc(C=C(c3ccccc3)c3ccccc3)cc2)cc1. The zero-order valence-electron chi connectivity index (χ0n) is 20.0. The molecule has 0 aliphatic carbocycles. The maximum Gasteiger partial charge on any atom is 0.0462 e. The van der Waals surface area contributed by atoms with Crippen molar-refractivity contribution in [3.63, 3.8) is 0 Å². The molecule has 5 aromatic rings. The van der Waals surface area contributed by atoms with Gasteiger partial charge in [0.05, 0.1) is 0 Å². The molecule has 0 bridgehead atoms. The monoisotopic (exact) mass is 451 g/mol. The third-order valence-electron chi connectivity index (χ3n) is 6.25. The Labute approximate surface area is 208 Å². The summed E-state index contributed by atoms with van der Waals surface area (Å²) in [5.41, 5.74) is 9.60. The van der Waals surface area contributed by atoms with Crippen molar-refractivity contribution >= 4 is 28.7 Å². The van der Waals surface area contributed by atoms with E-state index >= 15 is 0 Å². The predicted molar refractivity (Wildman–Crippen MR) is 150 cm³/mol. The molecule has 1 heteroatoms. The first kappa shape index (κ1) is 22.4. The van der Waals surface area contributed by atoms with Crippen LogP contribution in [0.2, 0.25) is 0 Å². The standard InChI is InChI=1S/C34H29N/c1-2-27-18-22-32(23-19-27)35(31-16-10-5-11-17-31)33-24-20-28(21-25-33)26-34(29-12-6-3-7-13-29)30-14-8-4-9-15-30/h3-26H,2H2,1H3. The largest absolute Gasteiger partial charge is 0.311 e. The summed E-state index contributed by atoms with van der Waals surface area (Å²) >= 11 is 0. The van der Waals surface area contributed by atoms with E-state index in [2.05, 4.69) is 157 Å². The van der Waals surface area contributed by atoms with E-state index < -0.39 is 0 Å². The van der Waals surface area contributed by atoms with E-state index in [0.717, 1.165) is 23.5 Å². The quantitative estimate of drug-likeness (QED) is 0.223. The molecular weight excluding hydrogens is 422 g/mol. The molecule has 0 saturated carbocycles. The fourth-order valence-corrected chi connectivity index (χ4v) is 4.36. The molecule has 0 atom stereocenters. The highest BCUT2D eigenvalue weighted by molar-refractivity contribution is 5.91. The van der Waals surface area contributed by atoms with Gasteiger partial charge in [-0.25, -0.2) is 0 Å². The van der Waals surface area contributed by atoms with Gasteiger partial charge in [-0.15, -0.1) is 0 Å². The molecular formula is C34H29N. The lowest BCUT2D eigenvalue weighted by molar-refractivity contribution is 1.14. The molecule has 0 N–H and O–H groups in total. The van der Waals surface area contributed by atoms with E-state index in [1.165, 1.54) is 27.8 Å². The van der Waals surface area contributed by atoms with Crippen molar-refractivity contribution in [3.8, 4) is 0 Å². The molecule has 0 fully saturated rings. The van der Waals surface area contributed by atoms with E-state index in [1.54, 1.807) is 0 Å². The number of benzene rings is 5. The Hall–Kier alpha value is -4.36. The van der Waals surface area contributed by atoms with Crippen molar-refractivity contribution in [1.82, 2.24) is 0 Å². The minimum absolute atomic E-state index is 1.04. The van der Waals surface area contributed by atoms with Gasteiger partial charge in [0.25, 0.3) is 0 Å². The van der Waals surface area contributed by atoms with E-state index in [4.69, 9.17) is 0 Å². The molecule has 0 heterocycles. The van der Waals surface area contributed by atoms with Crippen molar-refractivity contribution in [2.45, 2.75) is 13.3 Å². The number of anilines is 3. The molecule has 0 aliphatic rings. The number of hydrogen-bond acceptors (Lipinski definition) is 1.